The lowest BCUT2D eigenvalue weighted by atomic mass is 9.32. The Morgan fingerprint density at radius 1 is 0.371 bits per heavy atom. The predicted octanol–water partition coefficient (Wildman–Crippen LogP) is 13.9. The first-order valence-electron chi connectivity index (χ1n) is 33.8. The van der Waals surface area contributed by atoms with Crippen molar-refractivity contribution in [3.63, 3.8) is 0 Å². The summed E-state index contributed by atoms with van der Waals surface area (Å²) in [5.74, 6) is 9.17. The maximum absolute atomic E-state index is 6.17. The van der Waals surface area contributed by atoms with Gasteiger partial charge in [0, 0.05) is 87.0 Å². The molecule has 10 rings (SSSR count). The van der Waals surface area contributed by atoms with Crippen molar-refractivity contribution in [2.24, 2.45) is 0 Å². The van der Waals surface area contributed by atoms with Crippen molar-refractivity contribution in [3.8, 4) is 45.6 Å². The summed E-state index contributed by atoms with van der Waals surface area (Å²) in [6.45, 7) is 33.5. The van der Waals surface area contributed by atoms with Gasteiger partial charge in [-0.1, -0.05) is 85.9 Å². The molecule has 0 saturated heterocycles. The molecular weight excluding hydrogens is 1210 g/mol. The molecule has 0 saturated carbocycles. The lowest BCUT2D eigenvalue weighted by Gasteiger charge is -2.34. The predicted molar refractivity (Wildman–Crippen MR) is 403 cm³/mol. The molecule has 2 aliphatic heterocycles. The molecule has 2 aliphatic rings. The molecular formula is C82H97BN6O8. The molecule has 3 aromatic heterocycles. The van der Waals surface area contributed by atoms with E-state index in [9.17, 15) is 0 Å². The van der Waals surface area contributed by atoms with Crippen LogP contribution in [0, 0.1) is 94.9 Å². The lowest BCUT2D eigenvalue weighted by molar-refractivity contribution is 0.0180. The number of nitrogens with one attached hydrogen (secondary N) is 2. The van der Waals surface area contributed by atoms with Gasteiger partial charge in [0.25, 0.3) is 0 Å². The zero-order chi connectivity index (χ0) is 69.2. The third-order valence-corrected chi connectivity index (χ3v) is 19.5. The van der Waals surface area contributed by atoms with Gasteiger partial charge in [0.15, 0.2) is 0 Å². The topological polar surface area (TPSA) is 138 Å². The summed E-state index contributed by atoms with van der Waals surface area (Å²) in [4.78, 5) is 23.1. The van der Waals surface area contributed by atoms with Crippen molar-refractivity contribution < 1.29 is 37.9 Å². The van der Waals surface area contributed by atoms with Gasteiger partial charge in [-0.25, -0.2) is 9.97 Å². The first-order chi connectivity index (χ1) is 46.7. The van der Waals surface area contributed by atoms with Crippen molar-refractivity contribution in [3.05, 3.63) is 180 Å². The summed E-state index contributed by atoms with van der Waals surface area (Å²) >= 11 is 0. The number of aromatic amines is 2. The van der Waals surface area contributed by atoms with Crippen LogP contribution in [0.15, 0.2) is 78.9 Å². The van der Waals surface area contributed by atoms with Gasteiger partial charge in [-0.15, -0.1) is 0 Å². The first kappa shape index (κ1) is 71.1. The van der Waals surface area contributed by atoms with Crippen LogP contribution in [0.25, 0.3) is 68.6 Å². The van der Waals surface area contributed by atoms with Crippen LogP contribution in [0.5, 0.6) is 11.5 Å². The highest BCUT2D eigenvalue weighted by Gasteiger charge is 2.36. The van der Waals surface area contributed by atoms with E-state index in [0.29, 0.717) is 79.3 Å². The van der Waals surface area contributed by atoms with Crippen LogP contribution in [-0.2, 0) is 28.4 Å². The van der Waals surface area contributed by atoms with Crippen LogP contribution in [0.2, 0.25) is 0 Å². The van der Waals surface area contributed by atoms with Crippen LogP contribution in [-0.4, -0.2) is 148 Å². The molecule has 0 fully saturated rings. The molecule has 15 heteroatoms. The number of H-pyrrole nitrogens is 2. The smallest absolute Gasteiger partial charge is 0.243 e. The van der Waals surface area contributed by atoms with Crippen LogP contribution < -0.4 is 35.7 Å². The number of ether oxygens (including phenoxy) is 8. The molecule has 5 heterocycles. The van der Waals surface area contributed by atoms with Gasteiger partial charge in [-0.05, 0) is 206 Å². The van der Waals surface area contributed by atoms with Gasteiger partial charge in [0.1, 0.15) is 24.7 Å². The van der Waals surface area contributed by atoms with E-state index in [1.54, 1.807) is 14.2 Å². The van der Waals surface area contributed by atoms with Gasteiger partial charge in [0.05, 0.1) is 99.9 Å². The van der Waals surface area contributed by atoms with Crippen molar-refractivity contribution in [1.29, 1.82) is 0 Å². The molecule has 0 amide bonds. The quantitative estimate of drug-likeness (QED) is 0.0288. The lowest BCUT2D eigenvalue weighted by Crippen LogP contribution is -2.58. The number of methoxy groups -OCH3 is 2. The zero-order valence-corrected chi connectivity index (χ0v) is 60.4. The van der Waals surface area contributed by atoms with E-state index in [4.69, 9.17) is 47.9 Å². The second kappa shape index (κ2) is 32.1. The standard InChI is InChI=1S/C82H97BN6O8/c1-50-52(3)78(83(79-54(5)58(9)81(88(13)14)59(10)55(79)6)80-56(7)60(11)82(89(15)16)61(12)57(80)8)53(4)51(2)68(50)29-30-69-70-33-35-74(86-70)76(62-19-25-66(26-20-62)96-47-45-94-43-41-92-39-37-90-17)72-31-23-64(84-72)49-65-24-32-73(85-65)77(75-36-34-71(69)87-75)63-21-27-67(28-22-63)97-48-46-95-44-42-93-40-38-91-18/h19-28,31-36,49,84,87H,37-48H2,1-18H3. The van der Waals surface area contributed by atoms with Gasteiger partial charge >= 0.3 is 0 Å². The first-order valence-corrected chi connectivity index (χ1v) is 33.8. The van der Waals surface area contributed by atoms with E-state index in [1.165, 1.54) is 83.4 Å². The zero-order valence-electron chi connectivity index (χ0n) is 60.4. The van der Waals surface area contributed by atoms with Crippen molar-refractivity contribution in [1.82, 2.24) is 19.9 Å². The highest BCUT2D eigenvalue weighted by Crippen LogP contribution is 2.37. The summed E-state index contributed by atoms with van der Waals surface area (Å²) in [6, 6.07) is 26.9. The molecule has 14 nitrogen and oxygen atoms in total. The third kappa shape index (κ3) is 15.5. The van der Waals surface area contributed by atoms with Gasteiger partial charge < -0.3 is 57.7 Å². The van der Waals surface area contributed by atoms with Crippen LogP contribution in [0.3, 0.4) is 0 Å². The molecule has 8 bridgehead atoms. The number of hydrogen-bond donors (Lipinski definition) is 2. The molecule has 0 atom stereocenters. The maximum Gasteiger partial charge on any atom is 0.243 e. The molecule has 506 valence electrons. The minimum absolute atomic E-state index is 0.0533. The Morgan fingerprint density at radius 2 is 0.742 bits per heavy atom. The van der Waals surface area contributed by atoms with E-state index in [-0.39, 0.29) is 6.71 Å². The highest BCUT2D eigenvalue weighted by atomic mass is 16.6. The average Bonchev–Trinajstić information content (AvgIpc) is 1.43. The molecule has 5 aromatic carbocycles. The van der Waals surface area contributed by atoms with Crippen LogP contribution >= 0.6 is 0 Å². The summed E-state index contributed by atoms with van der Waals surface area (Å²) in [5, 5.41) is 0. The summed E-state index contributed by atoms with van der Waals surface area (Å²) in [5.41, 5.74) is 34.2. The van der Waals surface area contributed by atoms with Gasteiger partial charge in [-0.2, -0.15) is 0 Å². The van der Waals surface area contributed by atoms with Crippen molar-refractivity contribution in [2.45, 2.75) is 83.1 Å². The Morgan fingerprint density at radius 3 is 1.20 bits per heavy atom. The number of anilines is 2. The molecule has 0 aliphatic carbocycles. The van der Waals surface area contributed by atoms with E-state index < -0.39 is 0 Å². The van der Waals surface area contributed by atoms with Crippen LogP contribution in [0.1, 0.15) is 101 Å². The molecule has 97 heavy (non-hydrogen) atoms. The van der Waals surface area contributed by atoms with E-state index in [1.807, 2.05) is 24.3 Å². The number of rotatable bonds is 27. The molecule has 0 spiro atoms. The minimum atomic E-state index is -0.0533. The summed E-state index contributed by atoms with van der Waals surface area (Å²) in [6.07, 6.45) is 8.35. The Hall–Kier alpha value is -8.72. The Bertz CT molecular complexity index is 4260. The van der Waals surface area contributed by atoms with Gasteiger partial charge in [-0.3, -0.25) is 0 Å². The Balaban J connectivity index is 1.13. The SMILES string of the molecule is COCCOCCOCCOc1ccc(-c2c3nc(c(C#Cc4c(C)c(C)c(B(c5c(C)c(C)c(N(C)C)c(C)c5C)c5c(C)c(C)c(N(C)C)c(C)c5C)c(C)c4C)c4ccc([nH]4)c(-c4ccc(OCCOCCOCCOC)cc4)c4nc(cc5ccc2[nH]5)C=C4)C=C3)cc1. The molecule has 0 radical (unpaired) electrons. The number of fused-ring (bicyclic) bond motifs is 8. The van der Waals surface area contributed by atoms with Crippen molar-refractivity contribution >= 4 is 80.8 Å². The fourth-order valence-electron chi connectivity index (χ4n) is 14.1. The number of nitrogens with zero attached hydrogens (tertiary/aromatic N) is 4. The monoisotopic (exact) mass is 1300 g/mol. The Kier molecular flexibility index (Phi) is 23.5. The second-order valence-electron chi connectivity index (χ2n) is 25.8. The van der Waals surface area contributed by atoms with E-state index >= 15 is 0 Å². The minimum Gasteiger partial charge on any atom is -0.491 e. The molecule has 2 N–H and O–H groups in total. The Labute approximate surface area is 575 Å². The van der Waals surface area contributed by atoms with E-state index in [2.05, 4.69) is 222 Å². The maximum atomic E-state index is 6.17. The fraction of sp³-hybridized carbons (Fsp3) is 0.366. The third-order valence-electron chi connectivity index (χ3n) is 19.5. The average molecular weight is 1310 g/mol. The van der Waals surface area contributed by atoms with Crippen molar-refractivity contribution in [2.75, 3.05) is 131 Å². The second-order valence-corrected chi connectivity index (χ2v) is 25.8. The number of benzene rings is 5. The van der Waals surface area contributed by atoms with E-state index in [0.717, 1.165) is 101 Å². The normalized spacial score (nSPS) is 11.8. The molecule has 0 unspecified atom stereocenters. The largest absolute Gasteiger partial charge is 0.491 e. The highest BCUT2D eigenvalue weighted by molar-refractivity contribution is 6.97. The summed E-state index contributed by atoms with van der Waals surface area (Å²) < 4.78 is 45.1. The fourth-order valence-corrected chi connectivity index (χ4v) is 14.1. The number of hydrogen-bond acceptors (Lipinski definition) is 12. The van der Waals surface area contributed by atoms with Crippen LogP contribution in [0.4, 0.5) is 11.4 Å². The molecule has 8 aromatic rings. The summed E-state index contributed by atoms with van der Waals surface area (Å²) in [7, 11) is 12.0. The van der Waals surface area contributed by atoms with Gasteiger partial charge in [0.2, 0.25) is 6.71 Å². The number of aromatic nitrogens is 4.